The van der Waals surface area contributed by atoms with E-state index in [9.17, 15) is 4.79 Å². The number of para-hydroxylation sites is 1. The molecule has 2 aromatic heterocycles. The monoisotopic (exact) mass is 394 g/mol. The first kappa shape index (κ1) is 18.0. The Morgan fingerprint density at radius 2 is 1.73 bits per heavy atom. The molecule has 3 aromatic carbocycles. The highest BCUT2D eigenvalue weighted by Crippen LogP contribution is 2.29. The molecule has 0 N–H and O–H groups in total. The Labute approximate surface area is 173 Å². The molecule has 4 nitrogen and oxygen atoms in total. The van der Waals surface area contributed by atoms with E-state index >= 15 is 0 Å². The molecule has 2 heterocycles. The lowest BCUT2D eigenvalue weighted by Gasteiger charge is -2.03. The minimum absolute atomic E-state index is 0.217. The Balaban J connectivity index is 1.37. The minimum Gasteiger partial charge on any atom is -0.490 e. The Morgan fingerprint density at radius 3 is 2.60 bits per heavy atom. The van der Waals surface area contributed by atoms with Gasteiger partial charge in [0.05, 0.1) is 5.56 Å². The molecule has 0 radical (unpaired) electrons. The number of hydrogen-bond donors (Lipinski definition) is 0. The van der Waals surface area contributed by atoms with Crippen LogP contribution in [0, 0.1) is 0 Å². The van der Waals surface area contributed by atoms with Gasteiger partial charge < -0.3 is 13.6 Å². The van der Waals surface area contributed by atoms with Crippen LogP contribution in [0.5, 0.6) is 5.75 Å². The van der Waals surface area contributed by atoms with Gasteiger partial charge in [-0.25, -0.2) is 0 Å². The summed E-state index contributed by atoms with van der Waals surface area (Å²) in [5, 5.41) is 1.59. The molecule has 0 fully saturated rings. The fourth-order valence-corrected chi connectivity index (χ4v) is 3.39. The van der Waals surface area contributed by atoms with Gasteiger partial charge in [0, 0.05) is 10.8 Å². The highest BCUT2D eigenvalue weighted by molar-refractivity contribution is 6.15. The molecular formula is C26H18O4. The van der Waals surface area contributed by atoms with E-state index in [2.05, 4.69) is 0 Å². The van der Waals surface area contributed by atoms with Crippen LogP contribution in [0.2, 0.25) is 0 Å². The van der Waals surface area contributed by atoms with Crippen LogP contribution in [0.25, 0.3) is 28.0 Å². The van der Waals surface area contributed by atoms with E-state index in [0.29, 0.717) is 34.5 Å². The van der Waals surface area contributed by atoms with Gasteiger partial charge in [0.25, 0.3) is 0 Å². The van der Waals surface area contributed by atoms with Crippen LogP contribution >= 0.6 is 0 Å². The first-order valence-electron chi connectivity index (χ1n) is 9.67. The summed E-state index contributed by atoms with van der Waals surface area (Å²) in [7, 11) is 0. The van der Waals surface area contributed by atoms with Crippen molar-refractivity contribution in [2.24, 2.45) is 0 Å². The van der Waals surface area contributed by atoms with Gasteiger partial charge in [-0.1, -0.05) is 54.6 Å². The summed E-state index contributed by atoms with van der Waals surface area (Å²) in [4.78, 5) is 13.0. The molecule has 0 atom stereocenters. The zero-order chi connectivity index (χ0) is 20.3. The number of carbonyl (C=O) groups excluding carboxylic acids is 1. The van der Waals surface area contributed by atoms with Crippen LogP contribution in [-0.4, -0.2) is 12.4 Å². The molecule has 146 valence electrons. The summed E-state index contributed by atoms with van der Waals surface area (Å²) in [5.41, 5.74) is 2.88. The number of benzene rings is 3. The van der Waals surface area contributed by atoms with Crippen molar-refractivity contribution >= 4 is 33.8 Å². The number of furan rings is 2. The highest BCUT2D eigenvalue weighted by atomic mass is 16.5. The van der Waals surface area contributed by atoms with Crippen molar-refractivity contribution in [2.45, 2.75) is 0 Å². The van der Waals surface area contributed by atoms with Crippen molar-refractivity contribution in [3.63, 3.8) is 0 Å². The Morgan fingerprint density at radius 1 is 0.900 bits per heavy atom. The lowest BCUT2D eigenvalue weighted by atomic mass is 10.1. The van der Waals surface area contributed by atoms with E-state index in [1.165, 1.54) is 6.26 Å². The van der Waals surface area contributed by atoms with Crippen LogP contribution in [-0.2, 0) is 0 Å². The molecule has 4 heteroatoms. The van der Waals surface area contributed by atoms with Gasteiger partial charge >= 0.3 is 0 Å². The average Bonchev–Trinajstić information content (AvgIpc) is 3.41. The van der Waals surface area contributed by atoms with Crippen LogP contribution in [0.4, 0.5) is 0 Å². The van der Waals surface area contributed by atoms with E-state index in [4.69, 9.17) is 13.6 Å². The van der Waals surface area contributed by atoms with Crippen LogP contribution in [0.1, 0.15) is 21.7 Å². The molecular weight excluding hydrogens is 376 g/mol. The Hall–Kier alpha value is -4.05. The lowest BCUT2D eigenvalue weighted by Crippen LogP contribution is -1.98. The number of rotatable bonds is 6. The molecule has 0 saturated carbocycles. The largest absolute Gasteiger partial charge is 0.490 e. The zero-order valence-electron chi connectivity index (χ0n) is 16.1. The van der Waals surface area contributed by atoms with Crippen molar-refractivity contribution < 1.29 is 18.4 Å². The molecule has 0 spiro atoms. The first-order valence-corrected chi connectivity index (χ1v) is 9.67. The maximum atomic E-state index is 13.0. The highest BCUT2D eigenvalue weighted by Gasteiger charge is 2.20. The van der Waals surface area contributed by atoms with Crippen LogP contribution < -0.4 is 4.74 Å². The van der Waals surface area contributed by atoms with E-state index in [0.717, 1.165) is 10.9 Å². The summed E-state index contributed by atoms with van der Waals surface area (Å²) in [6.07, 6.45) is 5.43. The molecule has 5 rings (SSSR count). The number of ketones is 1. The third-order valence-corrected chi connectivity index (χ3v) is 4.89. The molecule has 0 unspecified atom stereocenters. The number of carbonyl (C=O) groups is 1. The predicted octanol–water partition coefficient (Wildman–Crippen LogP) is 6.50. The predicted molar refractivity (Wildman–Crippen MR) is 117 cm³/mol. The Bertz CT molecular complexity index is 1320. The molecule has 0 saturated heterocycles. The van der Waals surface area contributed by atoms with Gasteiger partial charge in [0.15, 0.2) is 5.76 Å². The van der Waals surface area contributed by atoms with Gasteiger partial charge in [0.2, 0.25) is 5.78 Å². The summed E-state index contributed by atoms with van der Waals surface area (Å²) in [5.74, 6) is 0.738. The van der Waals surface area contributed by atoms with Crippen molar-refractivity contribution in [1.82, 2.24) is 0 Å². The van der Waals surface area contributed by atoms with Gasteiger partial charge in [-0.3, -0.25) is 4.79 Å². The van der Waals surface area contributed by atoms with Crippen molar-refractivity contribution in [3.8, 4) is 5.75 Å². The van der Waals surface area contributed by atoms with E-state index in [1.807, 2.05) is 78.9 Å². The molecule has 30 heavy (non-hydrogen) atoms. The van der Waals surface area contributed by atoms with Gasteiger partial charge in [0.1, 0.15) is 29.8 Å². The van der Waals surface area contributed by atoms with Crippen molar-refractivity contribution in [2.75, 3.05) is 6.61 Å². The molecule has 0 aliphatic heterocycles. The summed E-state index contributed by atoms with van der Waals surface area (Å²) in [6.45, 7) is 0.422. The fourth-order valence-electron chi connectivity index (χ4n) is 3.39. The van der Waals surface area contributed by atoms with E-state index in [-0.39, 0.29) is 11.5 Å². The Kier molecular flexibility index (Phi) is 4.66. The third kappa shape index (κ3) is 3.51. The maximum Gasteiger partial charge on any atom is 0.232 e. The minimum atomic E-state index is -0.217. The van der Waals surface area contributed by atoms with Crippen LogP contribution in [0.15, 0.2) is 100 Å². The summed E-state index contributed by atoms with van der Waals surface area (Å²) >= 11 is 0. The number of ether oxygens (including phenoxy) is 1. The van der Waals surface area contributed by atoms with Crippen molar-refractivity contribution in [3.05, 3.63) is 108 Å². The van der Waals surface area contributed by atoms with Crippen LogP contribution in [0.3, 0.4) is 0 Å². The summed E-state index contributed by atoms with van der Waals surface area (Å²) in [6, 6.07) is 24.8. The molecule has 0 bridgehead atoms. The first-order chi connectivity index (χ1) is 14.8. The van der Waals surface area contributed by atoms with Gasteiger partial charge in [-0.2, -0.15) is 0 Å². The number of hydrogen-bond acceptors (Lipinski definition) is 4. The SMILES string of the molecule is O=C(c1cc2ccccc2o1)c1coc2ccc(OC/C=C/c3ccccc3)cc12. The molecule has 0 aliphatic carbocycles. The topological polar surface area (TPSA) is 52.6 Å². The van der Waals surface area contributed by atoms with Gasteiger partial charge in [-0.05, 0) is 42.0 Å². The fraction of sp³-hybridized carbons (Fsp3) is 0.0385. The quantitative estimate of drug-likeness (QED) is 0.308. The second-order valence-electron chi connectivity index (χ2n) is 6.91. The second kappa shape index (κ2) is 7.76. The standard InChI is InChI=1S/C26H18O4/c27-26(25-15-19-10-4-5-11-23(19)30-25)22-17-29-24-13-12-20(16-21(22)24)28-14-6-9-18-7-2-1-3-8-18/h1-13,15-17H,14H2/b9-6+. The van der Waals surface area contributed by atoms with E-state index < -0.39 is 0 Å². The number of fused-ring (bicyclic) bond motifs is 2. The third-order valence-electron chi connectivity index (χ3n) is 4.89. The zero-order valence-corrected chi connectivity index (χ0v) is 16.1. The van der Waals surface area contributed by atoms with Crippen molar-refractivity contribution in [1.29, 1.82) is 0 Å². The smallest absolute Gasteiger partial charge is 0.232 e. The second-order valence-corrected chi connectivity index (χ2v) is 6.91. The summed E-state index contributed by atoms with van der Waals surface area (Å²) < 4.78 is 17.1. The molecule has 0 amide bonds. The lowest BCUT2D eigenvalue weighted by molar-refractivity contribution is 0.101. The molecule has 5 aromatic rings. The van der Waals surface area contributed by atoms with Gasteiger partial charge in [-0.15, -0.1) is 0 Å². The van der Waals surface area contributed by atoms with E-state index in [1.54, 1.807) is 12.1 Å². The molecule has 0 aliphatic rings. The normalized spacial score (nSPS) is 11.5. The average molecular weight is 394 g/mol. The maximum absolute atomic E-state index is 13.0.